The first-order chi connectivity index (χ1) is 12.0. The van der Waals surface area contributed by atoms with Gasteiger partial charge in [-0.1, -0.05) is 24.3 Å². The highest BCUT2D eigenvalue weighted by molar-refractivity contribution is 6.14. The number of nitriles is 1. The van der Waals surface area contributed by atoms with Crippen molar-refractivity contribution in [3.05, 3.63) is 70.4 Å². The van der Waals surface area contributed by atoms with E-state index in [4.69, 9.17) is 5.26 Å². The van der Waals surface area contributed by atoms with Gasteiger partial charge in [0.25, 0.3) is 11.6 Å². The second-order valence-electron chi connectivity index (χ2n) is 4.85. The second-order valence-corrected chi connectivity index (χ2v) is 4.85. The van der Waals surface area contributed by atoms with Crippen molar-refractivity contribution in [2.45, 2.75) is 0 Å². The molecule has 0 saturated carbocycles. The topological polar surface area (TPSA) is 126 Å². The van der Waals surface area contributed by atoms with E-state index in [0.717, 1.165) is 6.08 Å². The number of nitro benzene ring substituents is 1. The molecule has 0 fully saturated rings. The van der Waals surface area contributed by atoms with Crippen LogP contribution in [0, 0.1) is 27.4 Å². The number of benzene rings is 1. The van der Waals surface area contributed by atoms with Crippen molar-refractivity contribution in [2.75, 3.05) is 5.32 Å². The molecule has 1 N–H and O–H groups in total. The highest BCUT2D eigenvalue weighted by Crippen LogP contribution is 2.15. The lowest BCUT2D eigenvalue weighted by Gasteiger charge is -2.06. The van der Waals surface area contributed by atoms with E-state index in [0.29, 0.717) is 5.56 Å². The van der Waals surface area contributed by atoms with Crippen LogP contribution in [0.25, 0.3) is 6.08 Å². The Bertz CT molecular complexity index is 872. The Balaban J connectivity index is 2.09. The molecule has 0 radical (unpaired) electrons. The Morgan fingerprint density at radius 1 is 1.28 bits per heavy atom. The summed E-state index contributed by atoms with van der Waals surface area (Å²) in [5.41, 5.74) is 0.281. The number of nitro groups is 1. The second kappa shape index (κ2) is 8.12. The maximum Gasteiger partial charge on any atom is 0.270 e. The SMILES string of the molecule is N#CC(C(=O)/C=C/c1cccc([N+](=O)[O-])c1)C(=O)Nc1ccccn1. The standard InChI is InChI=1S/C17H12N4O4/c18-11-14(17(23)20-16-6-1-2-9-19-16)15(22)8-7-12-4-3-5-13(10-12)21(24)25/h1-10,14H,(H,19,20,23)/b8-7+. The number of carbonyl (C=O) groups excluding carboxylic acids is 2. The van der Waals surface area contributed by atoms with Crippen LogP contribution in [0.1, 0.15) is 5.56 Å². The van der Waals surface area contributed by atoms with Crippen LogP contribution in [0.3, 0.4) is 0 Å². The molecule has 0 aliphatic rings. The fraction of sp³-hybridized carbons (Fsp3) is 0.0588. The Morgan fingerprint density at radius 3 is 2.72 bits per heavy atom. The number of hydrogen-bond acceptors (Lipinski definition) is 6. The third-order valence-electron chi connectivity index (χ3n) is 3.11. The first-order valence-electron chi connectivity index (χ1n) is 7.09. The average Bonchev–Trinajstić information content (AvgIpc) is 2.61. The fourth-order valence-electron chi connectivity index (χ4n) is 1.90. The molecule has 1 aromatic heterocycles. The predicted octanol–water partition coefficient (Wildman–Crippen LogP) is 2.35. The van der Waals surface area contributed by atoms with Gasteiger partial charge in [0.1, 0.15) is 5.82 Å². The van der Waals surface area contributed by atoms with Crippen LogP contribution in [-0.4, -0.2) is 21.6 Å². The quantitative estimate of drug-likeness (QED) is 0.373. The Kier molecular flexibility index (Phi) is 5.68. The molecular weight excluding hydrogens is 324 g/mol. The van der Waals surface area contributed by atoms with Crippen molar-refractivity contribution >= 4 is 29.3 Å². The van der Waals surface area contributed by atoms with Crippen molar-refractivity contribution in [1.82, 2.24) is 4.98 Å². The van der Waals surface area contributed by atoms with Crippen LogP contribution in [0.2, 0.25) is 0 Å². The fourth-order valence-corrected chi connectivity index (χ4v) is 1.90. The lowest BCUT2D eigenvalue weighted by Crippen LogP contribution is -2.27. The van der Waals surface area contributed by atoms with E-state index in [1.54, 1.807) is 24.3 Å². The molecule has 2 rings (SSSR count). The number of non-ortho nitro benzene ring substituents is 1. The third kappa shape index (κ3) is 4.80. The molecule has 0 aliphatic carbocycles. The number of ketones is 1. The summed E-state index contributed by atoms with van der Waals surface area (Å²) in [6.45, 7) is 0. The third-order valence-corrected chi connectivity index (χ3v) is 3.11. The number of pyridine rings is 1. The monoisotopic (exact) mass is 336 g/mol. The molecule has 1 unspecified atom stereocenters. The lowest BCUT2D eigenvalue weighted by molar-refractivity contribution is -0.384. The molecule has 0 aliphatic heterocycles. The van der Waals surface area contributed by atoms with E-state index in [1.807, 2.05) is 0 Å². The summed E-state index contributed by atoms with van der Waals surface area (Å²) >= 11 is 0. The van der Waals surface area contributed by atoms with Crippen LogP contribution in [0.15, 0.2) is 54.7 Å². The van der Waals surface area contributed by atoms with Gasteiger partial charge in [-0.05, 0) is 23.8 Å². The minimum atomic E-state index is -1.54. The van der Waals surface area contributed by atoms with Crippen molar-refractivity contribution in [3.63, 3.8) is 0 Å². The molecule has 0 saturated heterocycles. The Labute approximate surface area is 142 Å². The number of nitrogens with one attached hydrogen (secondary N) is 1. The van der Waals surface area contributed by atoms with Gasteiger partial charge < -0.3 is 5.32 Å². The van der Waals surface area contributed by atoms with Gasteiger partial charge in [-0.15, -0.1) is 0 Å². The van der Waals surface area contributed by atoms with Crippen LogP contribution in [0.5, 0.6) is 0 Å². The lowest BCUT2D eigenvalue weighted by atomic mass is 10.0. The normalized spacial score (nSPS) is 11.5. The smallest absolute Gasteiger partial charge is 0.270 e. The largest absolute Gasteiger partial charge is 0.309 e. The molecule has 1 amide bonds. The van der Waals surface area contributed by atoms with Gasteiger partial charge >= 0.3 is 0 Å². The highest BCUT2D eigenvalue weighted by atomic mass is 16.6. The number of rotatable bonds is 6. The molecular formula is C17H12N4O4. The summed E-state index contributed by atoms with van der Waals surface area (Å²) in [6.07, 6.45) is 3.82. The average molecular weight is 336 g/mol. The molecule has 0 bridgehead atoms. The Hall–Kier alpha value is -3.86. The van der Waals surface area contributed by atoms with Crippen molar-refractivity contribution < 1.29 is 14.5 Å². The van der Waals surface area contributed by atoms with Gasteiger partial charge in [0.15, 0.2) is 11.7 Å². The molecule has 2 aromatic rings. The molecule has 124 valence electrons. The predicted molar refractivity (Wildman–Crippen MR) is 89.1 cm³/mol. The van der Waals surface area contributed by atoms with E-state index in [9.17, 15) is 19.7 Å². The Morgan fingerprint density at radius 2 is 2.08 bits per heavy atom. The van der Waals surface area contributed by atoms with Crippen molar-refractivity contribution in [3.8, 4) is 6.07 Å². The van der Waals surface area contributed by atoms with Crippen LogP contribution in [-0.2, 0) is 9.59 Å². The van der Waals surface area contributed by atoms with E-state index < -0.39 is 22.5 Å². The number of hydrogen-bond donors (Lipinski definition) is 1. The number of aromatic nitrogens is 1. The summed E-state index contributed by atoms with van der Waals surface area (Å²) in [5.74, 6) is -2.85. The van der Waals surface area contributed by atoms with E-state index in [2.05, 4.69) is 10.3 Å². The van der Waals surface area contributed by atoms with Crippen LogP contribution in [0.4, 0.5) is 11.5 Å². The van der Waals surface area contributed by atoms with Gasteiger partial charge in [0, 0.05) is 18.3 Å². The minimum absolute atomic E-state index is 0.126. The molecule has 1 atom stereocenters. The van der Waals surface area contributed by atoms with Crippen LogP contribution >= 0.6 is 0 Å². The van der Waals surface area contributed by atoms with Gasteiger partial charge in [-0.2, -0.15) is 5.26 Å². The molecule has 1 aromatic carbocycles. The number of nitrogens with zero attached hydrogens (tertiary/aromatic N) is 3. The highest BCUT2D eigenvalue weighted by Gasteiger charge is 2.24. The number of allylic oxidation sites excluding steroid dienone is 1. The van der Waals surface area contributed by atoms with E-state index >= 15 is 0 Å². The molecule has 8 nitrogen and oxygen atoms in total. The summed E-state index contributed by atoms with van der Waals surface area (Å²) in [5, 5.41) is 22.2. The molecule has 25 heavy (non-hydrogen) atoms. The van der Waals surface area contributed by atoms with E-state index in [1.165, 1.54) is 36.5 Å². The minimum Gasteiger partial charge on any atom is -0.309 e. The molecule has 8 heteroatoms. The first kappa shape index (κ1) is 17.5. The first-order valence-corrected chi connectivity index (χ1v) is 7.09. The summed E-state index contributed by atoms with van der Waals surface area (Å²) in [7, 11) is 0. The molecule has 1 heterocycles. The van der Waals surface area contributed by atoms with Crippen molar-refractivity contribution in [1.29, 1.82) is 5.26 Å². The number of amides is 1. The zero-order valence-electron chi connectivity index (χ0n) is 12.8. The van der Waals surface area contributed by atoms with Crippen LogP contribution < -0.4 is 5.32 Å². The summed E-state index contributed by atoms with van der Waals surface area (Å²) in [4.78, 5) is 38.1. The van der Waals surface area contributed by atoms with Gasteiger partial charge in [0.2, 0.25) is 0 Å². The maximum absolute atomic E-state index is 12.1. The summed E-state index contributed by atoms with van der Waals surface area (Å²) < 4.78 is 0. The van der Waals surface area contributed by atoms with Crippen molar-refractivity contribution in [2.24, 2.45) is 5.92 Å². The number of carbonyl (C=O) groups is 2. The number of anilines is 1. The molecule has 0 spiro atoms. The maximum atomic E-state index is 12.1. The van der Waals surface area contributed by atoms with Gasteiger partial charge in [-0.25, -0.2) is 4.98 Å². The van der Waals surface area contributed by atoms with Gasteiger partial charge in [-0.3, -0.25) is 19.7 Å². The zero-order valence-corrected chi connectivity index (χ0v) is 12.8. The summed E-state index contributed by atoms with van der Waals surface area (Å²) in [6, 6.07) is 12.1. The van der Waals surface area contributed by atoms with Gasteiger partial charge in [0.05, 0.1) is 11.0 Å². The zero-order chi connectivity index (χ0) is 18.2. The van der Waals surface area contributed by atoms with E-state index in [-0.39, 0.29) is 11.5 Å².